The number of ether oxygens (including phenoxy) is 2. The van der Waals surface area contributed by atoms with E-state index in [-0.39, 0.29) is 18.3 Å². The molecule has 3 N–H and O–H groups in total. The van der Waals surface area contributed by atoms with Gasteiger partial charge in [-0.25, -0.2) is 9.18 Å². The molecule has 154 valence electrons. The second kappa shape index (κ2) is 9.38. The van der Waals surface area contributed by atoms with Gasteiger partial charge < -0.3 is 19.7 Å². The molecule has 0 aliphatic carbocycles. The van der Waals surface area contributed by atoms with Crippen LogP contribution in [0.15, 0.2) is 42.5 Å². The van der Waals surface area contributed by atoms with Crippen LogP contribution in [0.1, 0.15) is 24.4 Å². The van der Waals surface area contributed by atoms with Crippen LogP contribution in [-0.4, -0.2) is 39.2 Å². The molecule has 0 spiro atoms. The van der Waals surface area contributed by atoms with Crippen LogP contribution in [0.4, 0.5) is 14.9 Å². The Kier molecular flexibility index (Phi) is 6.66. The normalized spacial score (nSPS) is 18.2. The summed E-state index contributed by atoms with van der Waals surface area (Å²) in [4.78, 5) is 25.5. The van der Waals surface area contributed by atoms with Gasteiger partial charge in [0.1, 0.15) is 23.4 Å². The van der Waals surface area contributed by atoms with Gasteiger partial charge >= 0.3 is 6.03 Å². The number of anilines is 1. The summed E-state index contributed by atoms with van der Waals surface area (Å²) >= 11 is 0. The second-order valence-corrected chi connectivity index (χ2v) is 6.87. The molecule has 8 heteroatoms. The zero-order chi connectivity index (χ0) is 20.8. The van der Waals surface area contributed by atoms with Gasteiger partial charge in [0.05, 0.1) is 32.0 Å². The number of para-hydroxylation sites is 1. The molecule has 1 saturated heterocycles. The molecule has 1 fully saturated rings. The molecule has 1 aliphatic heterocycles. The van der Waals surface area contributed by atoms with Crippen molar-refractivity contribution in [3.05, 3.63) is 53.8 Å². The first-order valence-corrected chi connectivity index (χ1v) is 9.43. The van der Waals surface area contributed by atoms with Crippen LogP contribution < -0.4 is 25.0 Å². The van der Waals surface area contributed by atoms with Gasteiger partial charge in [0.25, 0.3) is 5.91 Å². The third-order valence-corrected chi connectivity index (χ3v) is 5.06. The first-order chi connectivity index (χ1) is 14.0. The summed E-state index contributed by atoms with van der Waals surface area (Å²) in [7, 11) is 3.21. The summed E-state index contributed by atoms with van der Waals surface area (Å²) in [6.07, 6.45) is 1.85. The number of urea groups is 1. The number of nitrogens with one attached hydrogen (secondary N) is 3. The maximum absolute atomic E-state index is 13.6. The molecule has 0 bridgehead atoms. The molecule has 0 saturated carbocycles. The van der Waals surface area contributed by atoms with Crippen molar-refractivity contribution >= 4 is 17.6 Å². The third-order valence-electron chi connectivity index (χ3n) is 5.06. The van der Waals surface area contributed by atoms with Crippen LogP contribution in [-0.2, 0) is 4.79 Å². The van der Waals surface area contributed by atoms with E-state index in [1.165, 1.54) is 18.2 Å². The highest BCUT2D eigenvalue weighted by molar-refractivity contribution is 6.01. The van der Waals surface area contributed by atoms with E-state index in [0.29, 0.717) is 0 Å². The van der Waals surface area contributed by atoms with Gasteiger partial charge in [-0.05, 0) is 30.3 Å². The number of hydrogen-bond donors (Lipinski definition) is 3. The number of quaternary nitrogens is 1. The summed E-state index contributed by atoms with van der Waals surface area (Å²) in [5.74, 6) is 0.474. The van der Waals surface area contributed by atoms with Gasteiger partial charge in [-0.3, -0.25) is 10.1 Å². The summed E-state index contributed by atoms with van der Waals surface area (Å²) in [5, 5.41) is 4.62. The molecule has 3 amide bonds. The Morgan fingerprint density at radius 1 is 1.17 bits per heavy atom. The number of hydrogen-bond acceptors (Lipinski definition) is 4. The van der Waals surface area contributed by atoms with Crippen LogP contribution in [0.5, 0.6) is 11.5 Å². The van der Waals surface area contributed by atoms with E-state index in [4.69, 9.17) is 9.47 Å². The highest BCUT2D eigenvalue weighted by Crippen LogP contribution is 2.31. The standard InChI is InChI=1S/C21H24FN3O4/c1-28-14-9-10-19(29-2)15(12-14)18-8-5-11-25(18)13-20(26)24-21(27)23-17-7-4-3-6-16(17)22/h3-4,6-7,9-10,12,18H,5,8,11,13H2,1-2H3,(H2,23,24,26,27)/p+1/t18-/m0/s1. The highest BCUT2D eigenvalue weighted by atomic mass is 19.1. The molecule has 2 aromatic carbocycles. The number of carbonyl (C=O) groups excluding carboxylic acids is 2. The maximum atomic E-state index is 13.6. The number of carbonyl (C=O) groups is 2. The largest absolute Gasteiger partial charge is 0.497 e. The molecule has 29 heavy (non-hydrogen) atoms. The smallest absolute Gasteiger partial charge is 0.326 e. The Morgan fingerprint density at radius 3 is 2.69 bits per heavy atom. The fraction of sp³-hybridized carbons (Fsp3) is 0.333. The number of rotatable bonds is 6. The van der Waals surface area contributed by atoms with E-state index in [9.17, 15) is 14.0 Å². The van der Waals surface area contributed by atoms with Crippen LogP contribution >= 0.6 is 0 Å². The molecule has 7 nitrogen and oxygen atoms in total. The van der Waals surface area contributed by atoms with Crippen molar-refractivity contribution in [2.45, 2.75) is 18.9 Å². The minimum Gasteiger partial charge on any atom is -0.497 e. The predicted octanol–water partition coefficient (Wildman–Crippen LogP) is 1.91. The van der Waals surface area contributed by atoms with Gasteiger partial charge in [0, 0.05) is 12.8 Å². The SMILES string of the molecule is COc1ccc(OC)c([C@@H]2CCC[NH+]2CC(=O)NC(=O)Nc2ccccc2F)c1. The van der Waals surface area contributed by atoms with Crippen molar-refractivity contribution in [1.82, 2.24) is 5.32 Å². The molecule has 0 aromatic heterocycles. The highest BCUT2D eigenvalue weighted by Gasteiger charge is 2.34. The van der Waals surface area contributed by atoms with Crippen molar-refractivity contribution in [3.8, 4) is 11.5 Å². The maximum Gasteiger partial charge on any atom is 0.326 e. The van der Waals surface area contributed by atoms with Gasteiger partial charge in [-0.2, -0.15) is 0 Å². The Hall–Kier alpha value is -3.13. The molecule has 1 heterocycles. The predicted molar refractivity (Wildman–Crippen MR) is 106 cm³/mol. The lowest BCUT2D eigenvalue weighted by Gasteiger charge is -2.23. The number of methoxy groups -OCH3 is 2. The fourth-order valence-corrected chi connectivity index (χ4v) is 3.70. The lowest BCUT2D eigenvalue weighted by Crippen LogP contribution is -3.11. The summed E-state index contributed by atoms with van der Waals surface area (Å²) in [6.45, 7) is 0.920. The fourth-order valence-electron chi connectivity index (χ4n) is 3.70. The first kappa shape index (κ1) is 20.6. The number of imide groups is 1. The van der Waals surface area contributed by atoms with Crippen LogP contribution in [0, 0.1) is 5.82 Å². The van der Waals surface area contributed by atoms with Crippen molar-refractivity contribution in [2.75, 3.05) is 32.6 Å². The molecule has 2 aromatic rings. The van der Waals surface area contributed by atoms with E-state index in [1.807, 2.05) is 18.2 Å². The molecule has 1 unspecified atom stereocenters. The number of benzene rings is 2. The second-order valence-electron chi connectivity index (χ2n) is 6.87. The third kappa shape index (κ3) is 5.03. The molecular formula is C21H25FN3O4+. The minimum atomic E-state index is -0.755. The lowest BCUT2D eigenvalue weighted by atomic mass is 10.0. The van der Waals surface area contributed by atoms with Gasteiger partial charge in [-0.15, -0.1) is 0 Å². The Balaban J connectivity index is 1.64. The van der Waals surface area contributed by atoms with Gasteiger partial charge in [-0.1, -0.05) is 12.1 Å². The molecule has 0 radical (unpaired) electrons. The molecule has 3 rings (SSSR count). The monoisotopic (exact) mass is 402 g/mol. The zero-order valence-corrected chi connectivity index (χ0v) is 16.5. The van der Waals surface area contributed by atoms with E-state index in [0.717, 1.165) is 41.3 Å². The quantitative estimate of drug-likeness (QED) is 0.690. The van der Waals surface area contributed by atoms with Crippen LogP contribution in [0.3, 0.4) is 0 Å². The number of likely N-dealkylation sites (tertiary alicyclic amines) is 1. The topological polar surface area (TPSA) is 81.1 Å². The van der Waals surface area contributed by atoms with Gasteiger partial charge in [0.15, 0.2) is 6.54 Å². The lowest BCUT2D eigenvalue weighted by molar-refractivity contribution is -0.910. The molecular weight excluding hydrogens is 377 g/mol. The first-order valence-electron chi connectivity index (χ1n) is 9.43. The van der Waals surface area contributed by atoms with Crippen molar-refractivity contribution in [1.29, 1.82) is 0 Å². The average molecular weight is 402 g/mol. The Labute approximate surface area is 168 Å². The van der Waals surface area contributed by atoms with E-state index in [1.54, 1.807) is 20.3 Å². The Bertz CT molecular complexity index is 890. The summed E-state index contributed by atoms with van der Waals surface area (Å²) in [6, 6.07) is 10.7. The molecule has 1 aliphatic rings. The van der Waals surface area contributed by atoms with Crippen LogP contribution in [0.25, 0.3) is 0 Å². The minimum absolute atomic E-state index is 0.0188. The van der Waals surface area contributed by atoms with E-state index in [2.05, 4.69) is 10.6 Å². The van der Waals surface area contributed by atoms with Crippen molar-refractivity contribution in [3.63, 3.8) is 0 Å². The van der Waals surface area contributed by atoms with E-state index >= 15 is 0 Å². The zero-order valence-electron chi connectivity index (χ0n) is 16.5. The van der Waals surface area contributed by atoms with Gasteiger partial charge in [0.2, 0.25) is 0 Å². The number of halogens is 1. The average Bonchev–Trinajstić information content (AvgIpc) is 3.16. The molecule has 2 atom stereocenters. The number of amides is 3. The Morgan fingerprint density at radius 2 is 1.97 bits per heavy atom. The van der Waals surface area contributed by atoms with E-state index < -0.39 is 17.8 Å². The summed E-state index contributed by atoms with van der Waals surface area (Å²) in [5.41, 5.74) is 0.994. The van der Waals surface area contributed by atoms with Crippen molar-refractivity contribution in [2.24, 2.45) is 0 Å². The van der Waals surface area contributed by atoms with Crippen molar-refractivity contribution < 1.29 is 28.4 Å². The van der Waals surface area contributed by atoms with Crippen LogP contribution in [0.2, 0.25) is 0 Å². The summed E-state index contributed by atoms with van der Waals surface area (Å²) < 4.78 is 24.4.